The first-order chi connectivity index (χ1) is 13.5. The van der Waals surface area contributed by atoms with Gasteiger partial charge in [-0.3, -0.25) is 9.59 Å². The summed E-state index contributed by atoms with van der Waals surface area (Å²) < 4.78 is 6.70. The molecule has 3 rings (SSSR count). The van der Waals surface area contributed by atoms with Crippen LogP contribution < -0.4 is 15.5 Å². The second-order valence-electron chi connectivity index (χ2n) is 6.35. The van der Waals surface area contributed by atoms with Gasteiger partial charge in [0.2, 0.25) is 0 Å². The quantitative estimate of drug-likeness (QED) is 0.474. The highest BCUT2D eigenvalue weighted by Crippen LogP contribution is 2.24. The molecule has 2 N–H and O–H groups in total. The normalized spacial score (nSPS) is 11.1. The number of rotatable bonds is 7. The van der Waals surface area contributed by atoms with E-state index >= 15 is 0 Å². The Labute approximate surface area is 167 Å². The number of amides is 2. The first-order valence-corrected chi connectivity index (χ1v) is 9.74. The Balaban J connectivity index is 1.48. The lowest BCUT2D eigenvalue weighted by Crippen LogP contribution is -2.34. The zero-order valence-electron chi connectivity index (χ0n) is 15.6. The fourth-order valence-electron chi connectivity index (χ4n) is 2.53. The number of nitrogens with one attached hydrogen (secondary N) is 2. The van der Waals surface area contributed by atoms with Crippen LogP contribution in [0.4, 0.5) is 0 Å². The lowest BCUT2D eigenvalue weighted by Gasteiger charge is -2.10. The predicted octanol–water partition coefficient (Wildman–Crippen LogP) is 3.57. The number of hydrazone groups is 1. The maximum Gasteiger partial charge on any atom is 0.259 e. The summed E-state index contributed by atoms with van der Waals surface area (Å²) >= 11 is 1.62. The Morgan fingerprint density at radius 2 is 1.89 bits per heavy atom. The highest BCUT2D eigenvalue weighted by Gasteiger charge is 2.08. The predicted molar refractivity (Wildman–Crippen MR) is 112 cm³/mol. The van der Waals surface area contributed by atoms with E-state index in [1.54, 1.807) is 41.8 Å². The van der Waals surface area contributed by atoms with Gasteiger partial charge in [0.05, 0.1) is 18.9 Å². The lowest BCUT2D eigenvalue weighted by atomic mass is 10.2. The fourth-order valence-corrected chi connectivity index (χ4v) is 3.44. The van der Waals surface area contributed by atoms with Gasteiger partial charge in [-0.2, -0.15) is 5.10 Å². The van der Waals surface area contributed by atoms with Gasteiger partial charge < -0.3 is 10.1 Å². The molecule has 0 aliphatic rings. The van der Waals surface area contributed by atoms with E-state index in [0.29, 0.717) is 11.3 Å². The molecule has 144 valence electrons. The number of hydrogen-bond donors (Lipinski definition) is 2. The van der Waals surface area contributed by atoms with Gasteiger partial charge in [-0.25, -0.2) is 5.43 Å². The summed E-state index contributed by atoms with van der Waals surface area (Å²) in [5, 5.41) is 9.60. The zero-order chi connectivity index (χ0) is 19.9. The molecule has 0 unspecified atom stereocenters. The van der Waals surface area contributed by atoms with Crippen molar-refractivity contribution in [2.45, 2.75) is 20.0 Å². The first-order valence-electron chi connectivity index (χ1n) is 8.86. The van der Waals surface area contributed by atoms with Crippen molar-refractivity contribution < 1.29 is 14.3 Å². The van der Waals surface area contributed by atoms with Crippen molar-refractivity contribution >= 4 is 39.5 Å². The van der Waals surface area contributed by atoms with Crippen LogP contribution in [0.3, 0.4) is 0 Å². The van der Waals surface area contributed by atoms with Crippen molar-refractivity contribution in [3.63, 3.8) is 0 Å². The zero-order valence-corrected chi connectivity index (χ0v) is 16.5. The molecule has 2 amide bonds. The molecule has 0 saturated heterocycles. The summed E-state index contributed by atoms with van der Waals surface area (Å²) in [6.45, 7) is 3.70. The summed E-state index contributed by atoms with van der Waals surface area (Å²) in [6.07, 6.45) is 1.67. The molecule has 3 aromatic rings. The SMILES string of the molecule is CC(C)Oc1ccc(C(=O)NCC(=O)NN=Cc2csc3ccccc23)cc1. The monoisotopic (exact) mass is 395 g/mol. The number of benzene rings is 2. The van der Waals surface area contributed by atoms with Crippen molar-refractivity contribution in [3.05, 3.63) is 65.0 Å². The van der Waals surface area contributed by atoms with Gasteiger partial charge >= 0.3 is 0 Å². The molecule has 6 nitrogen and oxygen atoms in total. The van der Waals surface area contributed by atoms with Crippen molar-refractivity contribution in [1.82, 2.24) is 10.7 Å². The van der Waals surface area contributed by atoms with E-state index in [-0.39, 0.29) is 18.6 Å². The second kappa shape index (κ2) is 9.14. The summed E-state index contributed by atoms with van der Waals surface area (Å²) in [4.78, 5) is 24.0. The highest BCUT2D eigenvalue weighted by molar-refractivity contribution is 7.17. The Hall–Kier alpha value is -3.19. The van der Waals surface area contributed by atoms with Crippen LogP contribution >= 0.6 is 11.3 Å². The maximum absolute atomic E-state index is 12.1. The number of carbonyl (C=O) groups is 2. The number of ether oxygens (including phenoxy) is 1. The van der Waals surface area contributed by atoms with Crippen LogP contribution in [0.2, 0.25) is 0 Å². The topological polar surface area (TPSA) is 79.8 Å². The van der Waals surface area contributed by atoms with E-state index in [1.165, 1.54) is 0 Å². The fraction of sp³-hybridized carbons (Fsp3) is 0.190. The maximum atomic E-state index is 12.1. The van der Waals surface area contributed by atoms with Crippen molar-refractivity contribution in [1.29, 1.82) is 0 Å². The Kier molecular flexibility index (Phi) is 6.39. The third-order valence-corrected chi connectivity index (χ3v) is 4.78. The molecular formula is C21H21N3O3S. The molecule has 0 bridgehead atoms. The number of thiophene rings is 1. The molecule has 0 atom stereocenters. The van der Waals surface area contributed by atoms with Gasteiger partial charge in [0.15, 0.2) is 0 Å². The molecule has 0 aliphatic carbocycles. The van der Waals surface area contributed by atoms with Gasteiger partial charge in [-0.1, -0.05) is 18.2 Å². The summed E-state index contributed by atoms with van der Waals surface area (Å²) in [6, 6.07) is 14.8. The molecule has 0 spiro atoms. The van der Waals surface area contributed by atoms with E-state index in [1.807, 2.05) is 43.5 Å². The van der Waals surface area contributed by atoms with Crippen LogP contribution in [0.25, 0.3) is 10.1 Å². The van der Waals surface area contributed by atoms with Crippen molar-refractivity contribution in [2.24, 2.45) is 5.10 Å². The Morgan fingerprint density at radius 3 is 2.64 bits per heavy atom. The van der Waals surface area contributed by atoms with Crippen LogP contribution in [-0.4, -0.2) is 30.7 Å². The Bertz CT molecular complexity index is 994. The highest BCUT2D eigenvalue weighted by atomic mass is 32.1. The van der Waals surface area contributed by atoms with E-state index in [4.69, 9.17) is 4.74 Å². The molecule has 0 aliphatic heterocycles. The summed E-state index contributed by atoms with van der Waals surface area (Å²) in [5.74, 6) is -0.0393. The third kappa shape index (κ3) is 5.17. The standard InChI is InChI=1S/C21H21N3O3S/c1-14(2)27-17-9-7-15(8-10-17)21(26)22-12-20(25)24-23-11-16-13-28-19-6-4-3-5-18(16)19/h3-11,13-14H,12H2,1-2H3,(H,22,26)(H,24,25). The molecule has 1 aromatic heterocycles. The van der Waals surface area contributed by atoms with Gasteiger partial charge in [-0.05, 0) is 44.2 Å². The van der Waals surface area contributed by atoms with Crippen molar-refractivity contribution in [2.75, 3.05) is 6.54 Å². The average Bonchev–Trinajstić information content (AvgIpc) is 3.09. The number of hydrogen-bond acceptors (Lipinski definition) is 5. The molecule has 1 heterocycles. The first kappa shape index (κ1) is 19.6. The molecule has 7 heteroatoms. The summed E-state index contributed by atoms with van der Waals surface area (Å²) in [7, 11) is 0. The minimum absolute atomic E-state index is 0.0657. The largest absolute Gasteiger partial charge is 0.491 e. The van der Waals surface area contributed by atoms with Gasteiger partial charge in [0.1, 0.15) is 5.75 Å². The van der Waals surface area contributed by atoms with E-state index < -0.39 is 5.91 Å². The molecule has 0 saturated carbocycles. The second-order valence-corrected chi connectivity index (χ2v) is 7.27. The molecule has 0 radical (unpaired) electrons. The molecular weight excluding hydrogens is 374 g/mol. The number of carbonyl (C=O) groups excluding carboxylic acids is 2. The third-order valence-electron chi connectivity index (χ3n) is 3.80. The summed E-state index contributed by atoms with van der Waals surface area (Å²) in [5.41, 5.74) is 3.82. The van der Waals surface area contributed by atoms with Crippen LogP contribution in [0.5, 0.6) is 5.75 Å². The van der Waals surface area contributed by atoms with Gasteiger partial charge in [0, 0.05) is 26.6 Å². The Morgan fingerprint density at radius 1 is 1.14 bits per heavy atom. The van der Waals surface area contributed by atoms with Gasteiger partial charge in [0.25, 0.3) is 11.8 Å². The number of nitrogens with zero attached hydrogens (tertiary/aromatic N) is 1. The van der Waals surface area contributed by atoms with Crippen LogP contribution in [-0.2, 0) is 4.79 Å². The minimum atomic E-state index is -0.399. The smallest absolute Gasteiger partial charge is 0.259 e. The van der Waals surface area contributed by atoms with Crippen LogP contribution in [0.1, 0.15) is 29.8 Å². The van der Waals surface area contributed by atoms with Crippen LogP contribution in [0, 0.1) is 0 Å². The lowest BCUT2D eigenvalue weighted by molar-refractivity contribution is -0.120. The molecule has 28 heavy (non-hydrogen) atoms. The van der Waals surface area contributed by atoms with E-state index in [2.05, 4.69) is 15.8 Å². The van der Waals surface area contributed by atoms with Crippen molar-refractivity contribution in [3.8, 4) is 5.75 Å². The number of fused-ring (bicyclic) bond motifs is 1. The minimum Gasteiger partial charge on any atom is -0.491 e. The average molecular weight is 395 g/mol. The van der Waals surface area contributed by atoms with E-state index in [9.17, 15) is 9.59 Å². The molecule has 2 aromatic carbocycles. The van der Waals surface area contributed by atoms with E-state index in [0.717, 1.165) is 15.6 Å². The molecule has 0 fully saturated rings. The van der Waals surface area contributed by atoms with Gasteiger partial charge in [-0.15, -0.1) is 11.3 Å². The van der Waals surface area contributed by atoms with Crippen LogP contribution in [0.15, 0.2) is 59.0 Å².